The van der Waals surface area contributed by atoms with Crippen molar-refractivity contribution in [2.45, 2.75) is 32.1 Å². The summed E-state index contributed by atoms with van der Waals surface area (Å²) < 4.78 is 13.0. The van der Waals surface area contributed by atoms with E-state index in [1.54, 1.807) is 17.0 Å². The standard InChI is InChI=1S/C22H23FN2O2/c23-19-7-4-15(5-8-19)10-11-25-14-18(13-21(25)26)22(27)24-20-9-6-16-2-1-3-17(16)12-20/h4-9,12,18H,1-3,10-11,13-14H2,(H,24,27)/t18-/m0/s1. The summed E-state index contributed by atoms with van der Waals surface area (Å²) in [5.74, 6) is -0.671. The van der Waals surface area contributed by atoms with E-state index < -0.39 is 0 Å². The maximum Gasteiger partial charge on any atom is 0.229 e. The number of hydrogen-bond donors (Lipinski definition) is 1. The molecule has 1 fully saturated rings. The Hall–Kier alpha value is -2.69. The summed E-state index contributed by atoms with van der Waals surface area (Å²) in [6.45, 7) is 0.990. The molecule has 1 N–H and O–H groups in total. The van der Waals surface area contributed by atoms with Crippen molar-refractivity contribution >= 4 is 17.5 Å². The Kier molecular flexibility index (Phi) is 4.92. The molecule has 140 valence electrons. The predicted octanol–water partition coefficient (Wildman–Crippen LogP) is 3.34. The van der Waals surface area contributed by atoms with Crippen LogP contribution >= 0.6 is 0 Å². The summed E-state index contributed by atoms with van der Waals surface area (Å²) in [5.41, 5.74) is 4.49. The van der Waals surface area contributed by atoms with E-state index in [0.717, 1.165) is 24.1 Å². The molecule has 0 unspecified atom stereocenters. The molecule has 2 aromatic carbocycles. The minimum atomic E-state index is -0.320. The summed E-state index contributed by atoms with van der Waals surface area (Å²) in [6, 6.07) is 12.4. The normalized spacial score (nSPS) is 18.6. The summed E-state index contributed by atoms with van der Waals surface area (Å²) in [5, 5.41) is 2.98. The molecule has 0 aromatic heterocycles. The number of amides is 2. The van der Waals surface area contributed by atoms with Crippen molar-refractivity contribution < 1.29 is 14.0 Å². The van der Waals surface area contributed by atoms with Crippen molar-refractivity contribution in [2.24, 2.45) is 5.92 Å². The highest BCUT2D eigenvalue weighted by atomic mass is 19.1. The number of hydrogen-bond acceptors (Lipinski definition) is 2. The first kappa shape index (κ1) is 17.7. The van der Waals surface area contributed by atoms with E-state index in [2.05, 4.69) is 17.4 Å². The van der Waals surface area contributed by atoms with Gasteiger partial charge in [-0.25, -0.2) is 4.39 Å². The highest BCUT2D eigenvalue weighted by Crippen LogP contribution is 2.26. The first-order valence-corrected chi connectivity index (χ1v) is 9.53. The fraction of sp³-hybridized carbons (Fsp3) is 0.364. The largest absolute Gasteiger partial charge is 0.342 e. The number of halogens is 1. The van der Waals surface area contributed by atoms with E-state index in [9.17, 15) is 14.0 Å². The second-order valence-corrected chi connectivity index (χ2v) is 7.44. The average molecular weight is 366 g/mol. The zero-order chi connectivity index (χ0) is 18.8. The molecule has 1 aliphatic carbocycles. The molecule has 1 atom stereocenters. The molecular formula is C22H23FN2O2. The summed E-state index contributed by atoms with van der Waals surface area (Å²) in [4.78, 5) is 26.6. The number of anilines is 1. The monoisotopic (exact) mass is 366 g/mol. The Morgan fingerprint density at radius 3 is 2.70 bits per heavy atom. The Labute approximate surface area is 158 Å². The van der Waals surface area contributed by atoms with E-state index >= 15 is 0 Å². The van der Waals surface area contributed by atoms with E-state index in [1.165, 1.54) is 29.7 Å². The molecule has 4 nitrogen and oxygen atoms in total. The van der Waals surface area contributed by atoms with Gasteiger partial charge >= 0.3 is 0 Å². The lowest BCUT2D eigenvalue weighted by Gasteiger charge is -2.16. The number of aryl methyl sites for hydroxylation is 2. The topological polar surface area (TPSA) is 49.4 Å². The van der Waals surface area contributed by atoms with Crippen LogP contribution in [0.5, 0.6) is 0 Å². The zero-order valence-electron chi connectivity index (χ0n) is 15.2. The van der Waals surface area contributed by atoms with Crippen LogP contribution in [-0.2, 0) is 28.9 Å². The van der Waals surface area contributed by atoms with Gasteiger partial charge in [0.2, 0.25) is 11.8 Å². The van der Waals surface area contributed by atoms with Gasteiger partial charge in [0, 0.05) is 25.2 Å². The van der Waals surface area contributed by atoms with E-state index in [-0.39, 0.29) is 30.0 Å². The predicted molar refractivity (Wildman–Crippen MR) is 102 cm³/mol. The van der Waals surface area contributed by atoms with Crippen LogP contribution in [0.1, 0.15) is 29.5 Å². The highest BCUT2D eigenvalue weighted by molar-refractivity contribution is 5.97. The third-order valence-corrected chi connectivity index (χ3v) is 5.53. The number of benzene rings is 2. The van der Waals surface area contributed by atoms with Gasteiger partial charge in [-0.15, -0.1) is 0 Å². The van der Waals surface area contributed by atoms with Crippen LogP contribution in [0.15, 0.2) is 42.5 Å². The van der Waals surface area contributed by atoms with E-state index in [4.69, 9.17) is 0 Å². The SMILES string of the molecule is O=C(Nc1ccc2c(c1)CCC2)[C@H]1CC(=O)N(CCc2ccc(F)cc2)C1. The van der Waals surface area contributed by atoms with E-state index in [1.807, 2.05) is 6.07 Å². The highest BCUT2D eigenvalue weighted by Gasteiger charge is 2.34. The summed E-state index contributed by atoms with van der Waals surface area (Å²) in [7, 11) is 0. The Morgan fingerprint density at radius 2 is 1.89 bits per heavy atom. The third kappa shape index (κ3) is 4.02. The number of nitrogens with zero attached hydrogens (tertiary/aromatic N) is 1. The van der Waals surface area contributed by atoms with Gasteiger partial charge in [-0.3, -0.25) is 9.59 Å². The summed E-state index contributed by atoms with van der Waals surface area (Å²) >= 11 is 0. The van der Waals surface area contributed by atoms with Crippen LogP contribution in [0.25, 0.3) is 0 Å². The maximum absolute atomic E-state index is 13.0. The van der Waals surface area contributed by atoms with Crippen LogP contribution in [0, 0.1) is 11.7 Å². The smallest absolute Gasteiger partial charge is 0.229 e. The van der Waals surface area contributed by atoms with Gasteiger partial charge in [0.1, 0.15) is 5.82 Å². The molecule has 4 rings (SSSR count). The van der Waals surface area contributed by atoms with Crippen LogP contribution in [0.3, 0.4) is 0 Å². The molecule has 27 heavy (non-hydrogen) atoms. The quantitative estimate of drug-likeness (QED) is 0.882. The first-order valence-electron chi connectivity index (χ1n) is 9.53. The summed E-state index contributed by atoms with van der Waals surface area (Å²) in [6.07, 6.45) is 4.26. The van der Waals surface area contributed by atoms with E-state index in [0.29, 0.717) is 19.5 Å². The Bertz CT molecular complexity index is 863. The molecule has 1 heterocycles. The molecule has 0 radical (unpaired) electrons. The fourth-order valence-electron chi connectivity index (χ4n) is 3.97. The molecule has 2 aliphatic rings. The van der Waals surface area contributed by atoms with Gasteiger partial charge in [0.15, 0.2) is 0 Å². The van der Waals surface area contributed by atoms with Crippen LogP contribution in [0.2, 0.25) is 0 Å². The Balaban J connectivity index is 1.32. The van der Waals surface area contributed by atoms with Gasteiger partial charge in [-0.2, -0.15) is 0 Å². The molecular weight excluding hydrogens is 343 g/mol. The lowest BCUT2D eigenvalue weighted by atomic mass is 10.1. The minimum Gasteiger partial charge on any atom is -0.342 e. The van der Waals surface area contributed by atoms with Gasteiger partial charge in [0.25, 0.3) is 0 Å². The number of rotatable bonds is 5. The number of nitrogens with one attached hydrogen (secondary N) is 1. The van der Waals surface area contributed by atoms with Crippen LogP contribution in [0.4, 0.5) is 10.1 Å². The zero-order valence-corrected chi connectivity index (χ0v) is 15.2. The van der Waals surface area contributed by atoms with Crippen molar-refractivity contribution in [2.75, 3.05) is 18.4 Å². The number of fused-ring (bicyclic) bond motifs is 1. The molecule has 2 amide bonds. The van der Waals surface area contributed by atoms with Crippen molar-refractivity contribution in [3.8, 4) is 0 Å². The van der Waals surface area contributed by atoms with Crippen LogP contribution in [-0.4, -0.2) is 29.8 Å². The first-order chi connectivity index (χ1) is 13.1. The van der Waals surface area contributed by atoms with Crippen molar-refractivity contribution in [3.63, 3.8) is 0 Å². The Morgan fingerprint density at radius 1 is 1.11 bits per heavy atom. The molecule has 5 heteroatoms. The molecule has 1 saturated heterocycles. The lowest BCUT2D eigenvalue weighted by Crippen LogP contribution is -2.30. The van der Waals surface area contributed by atoms with Gasteiger partial charge in [-0.1, -0.05) is 18.2 Å². The lowest BCUT2D eigenvalue weighted by molar-refractivity contribution is -0.128. The van der Waals surface area contributed by atoms with Crippen LogP contribution < -0.4 is 5.32 Å². The number of likely N-dealkylation sites (tertiary alicyclic amines) is 1. The molecule has 0 spiro atoms. The second-order valence-electron chi connectivity index (χ2n) is 7.44. The molecule has 1 aliphatic heterocycles. The number of carbonyl (C=O) groups is 2. The second kappa shape index (κ2) is 7.51. The molecule has 2 aromatic rings. The van der Waals surface area contributed by atoms with Gasteiger partial charge in [0.05, 0.1) is 5.92 Å². The maximum atomic E-state index is 13.0. The van der Waals surface area contributed by atoms with Gasteiger partial charge in [-0.05, 0) is 66.6 Å². The van der Waals surface area contributed by atoms with Crippen molar-refractivity contribution in [3.05, 3.63) is 65.0 Å². The van der Waals surface area contributed by atoms with Crippen molar-refractivity contribution in [1.82, 2.24) is 4.90 Å². The van der Waals surface area contributed by atoms with Crippen molar-refractivity contribution in [1.29, 1.82) is 0 Å². The van der Waals surface area contributed by atoms with Gasteiger partial charge < -0.3 is 10.2 Å². The minimum absolute atomic E-state index is 0.00575. The average Bonchev–Trinajstić information content (AvgIpc) is 3.27. The molecule has 0 bridgehead atoms. The number of carbonyl (C=O) groups excluding carboxylic acids is 2. The fourth-order valence-corrected chi connectivity index (χ4v) is 3.97. The molecule has 0 saturated carbocycles. The third-order valence-electron chi connectivity index (χ3n) is 5.53.